The Balaban J connectivity index is 2.22. The highest BCUT2D eigenvalue weighted by atomic mass is 15.3. The SMILES string of the molecule is Cc1ccccc1-c1nc2cc[nH]n2c1NC(C)(C)C. The molecule has 0 aliphatic carbocycles. The number of hydrogen-bond donors (Lipinski definition) is 2. The number of aryl methyl sites for hydroxylation is 1. The quantitative estimate of drug-likeness (QED) is 0.741. The highest BCUT2D eigenvalue weighted by molar-refractivity contribution is 5.78. The van der Waals surface area contributed by atoms with Crippen molar-refractivity contribution in [3.63, 3.8) is 0 Å². The number of H-pyrrole nitrogens is 1. The number of anilines is 1. The molecule has 3 rings (SSSR count). The van der Waals surface area contributed by atoms with Crippen LogP contribution in [-0.4, -0.2) is 20.1 Å². The molecule has 0 bridgehead atoms. The Labute approximate surface area is 118 Å². The zero-order valence-corrected chi connectivity index (χ0v) is 12.4. The maximum Gasteiger partial charge on any atom is 0.155 e. The average Bonchev–Trinajstić information content (AvgIpc) is 2.91. The minimum absolute atomic E-state index is 0.0293. The molecule has 0 aliphatic heterocycles. The van der Waals surface area contributed by atoms with Gasteiger partial charge in [-0.05, 0) is 33.3 Å². The molecular formula is C16H20N4. The van der Waals surface area contributed by atoms with Crippen LogP contribution in [0.5, 0.6) is 0 Å². The summed E-state index contributed by atoms with van der Waals surface area (Å²) >= 11 is 0. The lowest BCUT2D eigenvalue weighted by Gasteiger charge is -2.22. The summed E-state index contributed by atoms with van der Waals surface area (Å²) in [6.07, 6.45) is 1.90. The summed E-state index contributed by atoms with van der Waals surface area (Å²) in [5, 5.41) is 6.77. The Morgan fingerprint density at radius 3 is 2.60 bits per heavy atom. The Hall–Kier alpha value is -2.23. The molecule has 0 radical (unpaired) electrons. The molecule has 2 N–H and O–H groups in total. The van der Waals surface area contributed by atoms with Crippen LogP contribution in [0.25, 0.3) is 16.9 Å². The third kappa shape index (κ3) is 2.18. The number of benzene rings is 1. The molecule has 0 saturated carbocycles. The van der Waals surface area contributed by atoms with Crippen molar-refractivity contribution in [3.05, 3.63) is 42.1 Å². The fourth-order valence-corrected chi connectivity index (χ4v) is 2.36. The fourth-order valence-electron chi connectivity index (χ4n) is 2.36. The first-order valence-corrected chi connectivity index (χ1v) is 6.86. The van der Waals surface area contributed by atoms with Crippen LogP contribution in [0.2, 0.25) is 0 Å². The molecule has 0 spiro atoms. The molecule has 0 aliphatic rings. The third-order valence-corrected chi connectivity index (χ3v) is 3.23. The highest BCUT2D eigenvalue weighted by Crippen LogP contribution is 2.32. The Morgan fingerprint density at radius 1 is 1.15 bits per heavy atom. The molecule has 20 heavy (non-hydrogen) atoms. The van der Waals surface area contributed by atoms with Crippen LogP contribution in [0.4, 0.5) is 5.82 Å². The van der Waals surface area contributed by atoms with Crippen LogP contribution in [0.1, 0.15) is 26.3 Å². The Bertz CT molecular complexity index is 743. The first-order valence-electron chi connectivity index (χ1n) is 6.86. The summed E-state index contributed by atoms with van der Waals surface area (Å²) < 4.78 is 1.99. The molecule has 0 saturated heterocycles. The van der Waals surface area contributed by atoms with Gasteiger partial charge in [0.2, 0.25) is 0 Å². The van der Waals surface area contributed by atoms with Crippen LogP contribution in [0, 0.1) is 6.92 Å². The summed E-state index contributed by atoms with van der Waals surface area (Å²) in [5.74, 6) is 1.01. The van der Waals surface area contributed by atoms with Crippen molar-refractivity contribution in [1.82, 2.24) is 14.6 Å². The largest absolute Gasteiger partial charge is 0.364 e. The van der Waals surface area contributed by atoms with E-state index in [4.69, 9.17) is 4.98 Å². The van der Waals surface area contributed by atoms with Crippen molar-refractivity contribution in [2.75, 3.05) is 5.32 Å². The van der Waals surface area contributed by atoms with Crippen molar-refractivity contribution in [2.24, 2.45) is 0 Å². The molecule has 2 heterocycles. The van der Waals surface area contributed by atoms with E-state index in [-0.39, 0.29) is 5.54 Å². The summed E-state index contributed by atoms with van der Waals surface area (Å²) in [4.78, 5) is 4.76. The van der Waals surface area contributed by atoms with Crippen LogP contribution in [0.3, 0.4) is 0 Å². The van der Waals surface area contributed by atoms with Gasteiger partial charge in [-0.25, -0.2) is 9.50 Å². The van der Waals surface area contributed by atoms with Gasteiger partial charge in [0.25, 0.3) is 0 Å². The second kappa shape index (κ2) is 4.40. The van der Waals surface area contributed by atoms with E-state index < -0.39 is 0 Å². The van der Waals surface area contributed by atoms with Crippen LogP contribution in [0.15, 0.2) is 36.5 Å². The molecule has 1 aromatic carbocycles. The summed E-state index contributed by atoms with van der Waals surface area (Å²) in [6.45, 7) is 8.56. The number of nitrogens with zero attached hydrogens (tertiary/aromatic N) is 2. The van der Waals surface area contributed by atoms with Crippen molar-refractivity contribution < 1.29 is 0 Å². The molecule has 0 unspecified atom stereocenters. The third-order valence-electron chi connectivity index (χ3n) is 3.23. The van der Waals surface area contributed by atoms with Gasteiger partial charge < -0.3 is 5.32 Å². The summed E-state index contributed by atoms with van der Waals surface area (Å²) in [5.41, 5.74) is 4.28. The standard InChI is InChI=1S/C16H20N4/c1-11-7-5-6-8-12(11)14-15(19-16(2,3)4)20-13(18-14)9-10-17-20/h5-10,17,19H,1-4H3. The zero-order valence-electron chi connectivity index (χ0n) is 12.4. The molecule has 4 heteroatoms. The second-order valence-electron chi connectivity index (χ2n) is 6.15. The monoisotopic (exact) mass is 268 g/mol. The van der Waals surface area contributed by atoms with Crippen LogP contribution >= 0.6 is 0 Å². The van der Waals surface area contributed by atoms with E-state index in [9.17, 15) is 0 Å². The molecule has 2 aromatic heterocycles. The van der Waals surface area contributed by atoms with Gasteiger partial charge in [0.05, 0.1) is 0 Å². The smallest absolute Gasteiger partial charge is 0.155 e. The lowest BCUT2D eigenvalue weighted by atomic mass is 10.0. The van der Waals surface area contributed by atoms with E-state index in [1.165, 1.54) is 5.56 Å². The lowest BCUT2D eigenvalue weighted by molar-refractivity contribution is 0.627. The second-order valence-corrected chi connectivity index (χ2v) is 6.15. The lowest BCUT2D eigenvalue weighted by Crippen LogP contribution is -2.27. The first kappa shape index (κ1) is 12.8. The maximum atomic E-state index is 4.76. The van der Waals surface area contributed by atoms with Crippen molar-refractivity contribution in [2.45, 2.75) is 33.2 Å². The molecule has 4 nitrogen and oxygen atoms in total. The van der Waals surface area contributed by atoms with Crippen LogP contribution in [-0.2, 0) is 0 Å². The molecule has 0 atom stereocenters. The van der Waals surface area contributed by atoms with Crippen LogP contribution < -0.4 is 5.32 Å². The summed E-state index contributed by atoms with van der Waals surface area (Å²) in [7, 11) is 0. The Morgan fingerprint density at radius 2 is 1.90 bits per heavy atom. The topological polar surface area (TPSA) is 45.1 Å². The van der Waals surface area contributed by atoms with Crippen molar-refractivity contribution >= 4 is 11.5 Å². The zero-order chi connectivity index (χ0) is 14.3. The van der Waals surface area contributed by atoms with Gasteiger partial charge in [-0.15, -0.1) is 0 Å². The maximum absolute atomic E-state index is 4.76. The van der Waals surface area contributed by atoms with E-state index in [0.29, 0.717) is 0 Å². The predicted octanol–water partition coefficient (Wildman–Crippen LogP) is 3.85. The van der Waals surface area contributed by atoms with Gasteiger partial charge >= 0.3 is 0 Å². The number of nitrogens with one attached hydrogen (secondary N) is 2. The molecular weight excluding hydrogens is 248 g/mol. The van der Waals surface area contributed by atoms with Gasteiger partial charge in [0.1, 0.15) is 5.69 Å². The molecule has 0 amide bonds. The number of fused-ring (bicyclic) bond motifs is 1. The number of imidazole rings is 1. The molecule has 3 aromatic rings. The van der Waals surface area contributed by atoms with E-state index in [0.717, 1.165) is 22.7 Å². The van der Waals surface area contributed by atoms with Gasteiger partial charge in [0.15, 0.2) is 11.5 Å². The van der Waals surface area contributed by atoms with E-state index in [2.05, 4.69) is 62.4 Å². The van der Waals surface area contributed by atoms with Gasteiger partial charge in [0, 0.05) is 23.4 Å². The van der Waals surface area contributed by atoms with E-state index >= 15 is 0 Å². The van der Waals surface area contributed by atoms with E-state index in [1.54, 1.807) is 0 Å². The Kier molecular flexibility index (Phi) is 2.82. The fraction of sp³-hybridized carbons (Fsp3) is 0.312. The number of aromatic nitrogens is 3. The molecule has 104 valence electrons. The van der Waals surface area contributed by atoms with Gasteiger partial charge in [-0.2, -0.15) is 0 Å². The minimum Gasteiger partial charge on any atom is -0.364 e. The van der Waals surface area contributed by atoms with Gasteiger partial charge in [-0.3, -0.25) is 5.10 Å². The number of hydrogen-bond acceptors (Lipinski definition) is 2. The average molecular weight is 268 g/mol. The highest BCUT2D eigenvalue weighted by Gasteiger charge is 2.20. The van der Waals surface area contributed by atoms with Crippen molar-refractivity contribution in [1.29, 1.82) is 0 Å². The minimum atomic E-state index is -0.0293. The van der Waals surface area contributed by atoms with Crippen molar-refractivity contribution in [3.8, 4) is 11.3 Å². The summed E-state index contributed by atoms with van der Waals surface area (Å²) in [6, 6.07) is 10.3. The predicted molar refractivity (Wildman–Crippen MR) is 83.1 cm³/mol. The first-order chi connectivity index (χ1) is 9.46. The van der Waals surface area contributed by atoms with Gasteiger partial charge in [-0.1, -0.05) is 24.3 Å². The van der Waals surface area contributed by atoms with E-state index in [1.807, 2.05) is 16.8 Å². The normalized spacial score (nSPS) is 12.0. The molecule has 0 fully saturated rings. The number of aromatic amines is 1. The number of rotatable bonds is 2.